The van der Waals surface area contributed by atoms with Gasteiger partial charge in [0.05, 0.1) is 0 Å². The Morgan fingerprint density at radius 3 is 2.50 bits per heavy atom. The van der Waals surface area contributed by atoms with Gasteiger partial charge in [0.15, 0.2) is 0 Å². The molecule has 1 aliphatic heterocycles. The van der Waals surface area contributed by atoms with Crippen molar-refractivity contribution in [3.05, 3.63) is 35.6 Å². The summed E-state index contributed by atoms with van der Waals surface area (Å²) in [5.74, 6) is 0.456. The number of amides is 1. The molecule has 3 rings (SSSR count). The lowest BCUT2D eigenvalue weighted by Crippen LogP contribution is -2.49. The second kappa shape index (κ2) is 7.23. The first kappa shape index (κ1) is 15.5. The maximum absolute atomic E-state index is 13.2. The van der Waals surface area contributed by atoms with E-state index in [-0.39, 0.29) is 11.7 Å². The van der Waals surface area contributed by atoms with Crippen LogP contribution in [0.3, 0.4) is 0 Å². The number of nitrogens with zero attached hydrogens (tertiary/aromatic N) is 2. The van der Waals surface area contributed by atoms with Gasteiger partial charge in [-0.15, -0.1) is 0 Å². The van der Waals surface area contributed by atoms with Gasteiger partial charge in [-0.25, -0.2) is 4.39 Å². The Morgan fingerprint density at radius 1 is 1.09 bits per heavy atom. The second-order valence-electron chi connectivity index (χ2n) is 6.61. The monoisotopic (exact) mass is 304 g/mol. The van der Waals surface area contributed by atoms with Crippen molar-refractivity contribution in [2.45, 2.75) is 32.1 Å². The fraction of sp³-hybridized carbons (Fsp3) is 0.611. The number of carbonyl (C=O) groups excluding carboxylic acids is 1. The van der Waals surface area contributed by atoms with Crippen molar-refractivity contribution in [1.82, 2.24) is 9.80 Å². The molecule has 1 aromatic carbocycles. The van der Waals surface area contributed by atoms with Crippen LogP contribution in [0.15, 0.2) is 24.3 Å². The number of carbonyl (C=O) groups is 1. The molecule has 4 heteroatoms. The first-order valence-electron chi connectivity index (χ1n) is 8.49. The molecule has 1 aromatic rings. The van der Waals surface area contributed by atoms with Crippen LogP contribution in [0, 0.1) is 11.7 Å². The van der Waals surface area contributed by atoms with Crippen molar-refractivity contribution < 1.29 is 9.18 Å². The summed E-state index contributed by atoms with van der Waals surface area (Å²) < 4.78 is 13.2. The van der Waals surface area contributed by atoms with Crippen LogP contribution in [-0.4, -0.2) is 48.4 Å². The minimum Gasteiger partial charge on any atom is -0.336 e. The van der Waals surface area contributed by atoms with E-state index < -0.39 is 0 Å². The minimum atomic E-state index is -0.346. The van der Waals surface area contributed by atoms with Crippen molar-refractivity contribution in [2.75, 3.05) is 32.7 Å². The van der Waals surface area contributed by atoms with Crippen LogP contribution in [0.1, 0.15) is 42.5 Å². The van der Waals surface area contributed by atoms with Crippen molar-refractivity contribution in [3.8, 4) is 0 Å². The van der Waals surface area contributed by atoms with Crippen LogP contribution in [0.25, 0.3) is 0 Å². The van der Waals surface area contributed by atoms with Crippen LogP contribution in [0.2, 0.25) is 0 Å². The number of hydrogen-bond acceptors (Lipinski definition) is 2. The molecule has 1 amide bonds. The van der Waals surface area contributed by atoms with E-state index >= 15 is 0 Å². The Morgan fingerprint density at radius 2 is 1.82 bits per heavy atom. The number of piperazine rings is 1. The van der Waals surface area contributed by atoms with Crippen LogP contribution in [-0.2, 0) is 0 Å². The summed E-state index contributed by atoms with van der Waals surface area (Å²) in [4.78, 5) is 16.7. The summed E-state index contributed by atoms with van der Waals surface area (Å²) in [5.41, 5.74) is 0.459. The summed E-state index contributed by atoms with van der Waals surface area (Å²) in [5, 5.41) is 0. The standard InChI is InChI=1S/C18H25FN2O/c19-17-8-4-7-16(13-17)18(22)21-11-9-20(10-12-21)14-15-5-2-1-3-6-15/h4,7-8,13,15H,1-3,5-6,9-12,14H2. The zero-order valence-corrected chi connectivity index (χ0v) is 13.1. The quantitative estimate of drug-likeness (QED) is 0.856. The van der Waals surface area contributed by atoms with Crippen molar-refractivity contribution in [3.63, 3.8) is 0 Å². The lowest BCUT2D eigenvalue weighted by molar-refractivity contribution is 0.0605. The number of rotatable bonds is 3. The largest absolute Gasteiger partial charge is 0.336 e. The Labute approximate surface area is 132 Å². The van der Waals surface area contributed by atoms with Crippen LogP contribution >= 0.6 is 0 Å². The third-order valence-electron chi connectivity index (χ3n) is 4.97. The molecule has 0 unspecified atom stereocenters. The topological polar surface area (TPSA) is 23.6 Å². The van der Waals surface area contributed by atoms with E-state index in [9.17, 15) is 9.18 Å². The fourth-order valence-corrected chi connectivity index (χ4v) is 3.67. The summed E-state index contributed by atoms with van der Waals surface area (Å²) in [6.07, 6.45) is 6.88. The van der Waals surface area contributed by atoms with Gasteiger partial charge in [-0.3, -0.25) is 9.69 Å². The summed E-state index contributed by atoms with van der Waals surface area (Å²) in [6, 6.07) is 6.00. The normalized spacial score (nSPS) is 21.0. The molecule has 120 valence electrons. The first-order valence-corrected chi connectivity index (χ1v) is 8.49. The molecule has 1 saturated heterocycles. The molecule has 0 atom stereocenters. The average molecular weight is 304 g/mol. The maximum Gasteiger partial charge on any atom is 0.254 e. The Balaban J connectivity index is 1.49. The molecule has 0 radical (unpaired) electrons. The molecule has 22 heavy (non-hydrogen) atoms. The van der Waals surface area contributed by atoms with Gasteiger partial charge in [0.25, 0.3) is 5.91 Å². The summed E-state index contributed by atoms with van der Waals surface area (Å²) in [7, 11) is 0. The van der Waals surface area contributed by atoms with E-state index in [1.54, 1.807) is 12.1 Å². The van der Waals surface area contributed by atoms with E-state index in [4.69, 9.17) is 0 Å². The molecular formula is C18H25FN2O. The highest BCUT2D eigenvalue weighted by atomic mass is 19.1. The predicted octanol–water partition coefficient (Wildman–Crippen LogP) is 3.16. The summed E-state index contributed by atoms with van der Waals surface area (Å²) >= 11 is 0. The average Bonchev–Trinajstić information content (AvgIpc) is 2.56. The smallest absolute Gasteiger partial charge is 0.254 e. The van der Waals surface area contributed by atoms with Gasteiger partial charge >= 0.3 is 0 Å². The van der Waals surface area contributed by atoms with Gasteiger partial charge < -0.3 is 4.90 Å². The van der Waals surface area contributed by atoms with Gasteiger partial charge in [0.2, 0.25) is 0 Å². The van der Waals surface area contributed by atoms with Crippen molar-refractivity contribution >= 4 is 5.91 Å². The van der Waals surface area contributed by atoms with Gasteiger partial charge in [-0.2, -0.15) is 0 Å². The van der Waals surface area contributed by atoms with Crippen LogP contribution in [0.5, 0.6) is 0 Å². The number of halogens is 1. The zero-order chi connectivity index (χ0) is 15.4. The number of hydrogen-bond donors (Lipinski definition) is 0. The molecule has 3 nitrogen and oxygen atoms in total. The zero-order valence-electron chi connectivity index (χ0n) is 13.1. The Kier molecular flexibility index (Phi) is 5.08. The molecule has 1 saturated carbocycles. The molecule has 0 spiro atoms. The SMILES string of the molecule is O=C(c1cccc(F)c1)N1CCN(CC2CCCCC2)CC1. The molecule has 0 aromatic heterocycles. The highest BCUT2D eigenvalue weighted by Gasteiger charge is 2.24. The highest BCUT2D eigenvalue weighted by molar-refractivity contribution is 5.94. The van der Waals surface area contributed by atoms with Crippen molar-refractivity contribution in [2.24, 2.45) is 5.92 Å². The molecule has 2 fully saturated rings. The molecule has 1 heterocycles. The fourth-order valence-electron chi connectivity index (χ4n) is 3.67. The molecule has 0 bridgehead atoms. The van der Waals surface area contributed by atoms with Gasteiger partial charge in [0, 0.05) is 38.3 Å². The third-order valence-corrected chi connectivity index (χ3v) is 4.97. The Hall–Kier alpha value is -1.42. The van der Waals surface area contributed by atoms with Gasteiger partial charge in [-0.1, -0.05) is 25.3 Å². The van der Waals surface area contributed by atoms with E-state index in [0.717, 1.165) is 32.1 Å². The first-order chi connectivity index (χ1) is 10.7. The highest BCUT2D eigenvalue weighted by Crippen LogP contribution is 2.24. The lowest BCUT2D eigenvalue weighted by Gasteiger charge is -2.37. The molecule has 0 N–H and O–H groups in total. The van der Waals surface area contributed by atoms with Gasteiger partial charge in [-0.05, 0) is 37.0 Å². The molecular weight excluding hydrogens is 279 g/mol. The van der Waals surface area contributed by atoms with E-state index in [0.29, 0.717) is 5.56 Å². The molecule has 2 aliphatic rings. The van der Waals surface area contributed by atoms with E-state index in [1.165, 1.54) is 50.8 Å². The van der Waals surface area contributed by atoms with Gasteiger partial charge in [0.1, 0.15) is 5.82 Å². The predicted molar refractivity (Wildman–Crippen MR) is 85.3 cm³/mol. The second-order valence-corrected chi connectivity index (χ2v) is 6.61. The van der Waals surface area contributed by atoms with Crippen LogP contribution < -0.4 is 0 Å². The summed E-state index contributed by atoms with van der Waals surface area (Å²) in [6.45, 7) is 4.57. The van der Waals surface area contributed by atoms with E-state index in [1.807, 2.05) is 4.90 Å². The lowest BCUT2D eigenvalue weighted by atomic mass is 9.89. The maximum atomic E-state index is 13.2. The van der Waals surface area contributed by atoms with E-state index in [2.05, 4.69) is 4.90 Å². The minimum absolute atomic E-state index is 0.0446. The van der Waals surface area contributed by atoms with Crippen molar-refractivity contribution in [1.29, 1.82) is 0 Å². The third kappa shape index (κ3) is 3.86. The van der Waals surface area contributed by atoms with Crippen LogP contribution in [0.4, 0.5) is 4.39 Å². The Bertz CT molecular complexity index is 506. The number of benzene rings is 1. The molecule has 1 aliphatic carbocycles.